The molecule has 0 unspecified atom stereocenters. The maximum atomic E-state index is 10.9. The number of nitrogens with zero attached hydrogens (tertiary/aromatic N) is 1. The Kier molecular flexibility index (Phi) is 4.85. The Balaban J connectivity index is 2.83. The smallest absolute Gasteiger partial charge is 0.351 e. The van der Waals surface area contributed by atoms with Crippen LogP contribution in [0.1, 0.15) is 13.8 Å². The van der Waals surface area contributed by atoms with Crippen LogP contribution < -0.4 is 10.7 Å². The summed E-state index contributed by atoms with van der Waals surface area (Å²) in [5, 5.41) is 15.0. The minimum absolute atomic E-state index is 0.0483. The molecule has 0 atom stereocenters. The number of halogens is 1. The molecule has 0 aromatic heterocycles. The Labute approximate surface area is 112 Å². The third kappa shape index (κ3) is 4.17. The summed E-state index contributed by atoms with van der Waals surface area (Å²) in [7, 11) is 0. The van der Waals surface area contributed by atoms with Crippen molar-refractivity contribution in [3.05, 3.63) is 22.7 Å². The number of aliphatic carboxylic acids is 1. The fourth-order valence-corrected chi connectivity index (χ4v) is 1.55. The molecule has 0 radical (unpaired) electrons. The molecule has 0 aliphatic carbocycles. The number of hydrogen-bond donors (Lipinski definition) is 3. The number of carbonyl (C=O) groups is 2. The van der Waals surface area contributed by atoms with E-state index in [1.54, 1.807) is 18.2 Å². The van der Waals surface area contributed by atoms with Gasteiger partial charge < -0.3 is 10.4 Å². The molecular weight excluding hydrogens is 302 g/mol. The number of amides is 1. The first-order chi connectivity index (χ1) is 8.40. The number of nitrogens with one attached hydrogen (secondary N) is 2. The average molecular weight is 314 g/mol. The van der Waals surface area contributed by atoms with Crippen molar-refractivity contribution < 1.29 is 14.7 Å². The van der Waals surface area contributed by atoms with Gasteiger partial charge >= 0.3 is 5.97 Å². The van der Waals surface area contributed by atoms with Gasteiger partial charge in [0.15, 0.2) is 0 Å². The highest BCUT2D eigenvalue weighted by atomic mass is 79.9. The molecule has 0 heterocycles. The first-order valence-corrected chi connectivity index (χ1v) is 5.80. The summed E-state index contributed by atoms with van der Waals surface area (Å²) in [5.74, 6) is -1.25. The minimum atomic E-state index is -1.09. The first kappa shape index (κ1) is 14.2. The van der Waals surface area contributed by atoms with Crippen LogP contribution in [-0.2, 0) is 9.59 Å². The third-order valence-corrected chi connectivity index (χ3v) is 2.60. The van der Waals surface area contributed by atoms with Crippen molar-refractivity contribution in [1.29, 1.82) is 0 Å². The fraction of sp³-hybridized carbons (Fsp3) is 0.182. The molecule has 0 aliphatic heterocycles. The van der Waals surface area contributed by atoms with Crippen molar-refractivity contribution >= 4 is 44.9 Å². The van der Waals surface area contributed by atoms with E-state index in [1.165, 1.54) is 13.8 Å². The van der Waals surface area contributed by atoms with E-state index in [0.717, 1.165) is 0 Å². The minimum Gasteiger partial charge on any atom is -0.477 e. The normalized spacial score (nSPS) is 10.9. The molecule has 96 valence electrons. The molecule has 0 aliphatic rings. The molecule has 0 spiro atoms. The first-order valence-electron chi connectivity index (χ1n) is 5.01. The standard InChI is InChI=1S/C11H12BrN3O3/c1-6(11(17)18)14-15-10-4-3-8(5-9(10)12)13-7(2)16/h3-5,15H,1-2H3,(H,13,16)(H,17,18). The summed E-state index contributed by atoms with van der Waals surface area (Å²) in [6.07, 6.45) is 0. The highest BCUT2D eigenvalue weighted by Gasteiger charge is 2.04. The maximum Gasteiger partial charge on any atom is 0.351 e. The highest BCUT2D eigenvalue weighted by molar-refractivity contribution is 9.10. The quantitative estimate of drug-likeness (QED) is 0.587. The molecule has 6 nitrogen and oxygen atoms in total. The van der Waals surface area contributed by atoms with Gasteiger partial charge in [0.05, 0.1) is 5.69 Å². The second kappa shape index (κ2) is 6.15. The lowest BCUT2D eigenvalue weighted by atomic mass is 10.3. The van der Waals surface area contributed by atoms with E-state index in [9.17, 15) is 9.59 Å². The van der Waals surface area contributed by atoms with Crippen LogP contribution in [-0.4, -0.2) is 22.7 Å². The zero-order chi connectivity index (χ0) is 13.7. The predicted octanol–water partition coefficient (Wildman–Crippen LogP) is 2.28. The van der Waals surface area contributed by atoms with Crippen molar-refractivity contribution in [1.82, 2.24) is 0 Å². The zero-order valence-electron chi connectivity index (χ0n) is 9.82. The van der Waals surface area contributed by atoms with Crippen molar-refractivity contribution in [2.45, 2.75) is 13.8 Å². The van der Waals surface area contributed by atoms with Crippen molar-refractivity contribution in [3.8, 4) is 0 Å². The Hall–Kier alpha value is -1.89. The van der Waals surface area contributed by atoms with Gasteiger partial charge in [0.2, 0.25) is 5.91 Å². The summed E-state index contributed by atoms with van der Waals surface area (Å²) < 4.78 is 0.663. The van der Waals surface area contributed by atoms with Crippen LogP contribution in [0, 0.1) is 0 Å². The number of carbonyl (C=O) groups excluding carboxylic acids is 1. The van der Waals surface area contributed by atoms with E-state index < -0.39 is 5.97 Å². The molecule has 1 rings (SSSR count). The second-order valence-corrected chi connectivity index (χ2v) is 4.34. The van der Waals surface area contributed by atoms with Crippen LogP contribution in [0.3, 0.4) is 0 Å². The van der Waals surface area contributed by atoms with Crippen LogP contribution in [0.25, 0.3) is 0 Å². The molecule has 18 heavy (non-hydrogen) atoms. The molecule has 1 aromatic carbocycles. The summed E-state index contributed by atoms with van der Waals surface area (Å²) in [4.78, 5) is 21.4. The molecule has 0 fully saturated rings. The SMILES string of the molecule is CC(=O)Nc1ccc(NN=C(C)C(=O)O)c(Br)c1. The van der Waals surface area contributed by atoms with Crippen molar-refractivity contribution in [2.24, 2.45) is 5.10 Å². The largest absolute Gasteiger partial charge is 0.477 e. The Morgan fingerprint density at radius 2 is 2.00 bits per heavy atom. The molecule has 1 aromatic rings. The Morgan fingerprint density at radius 3 is 2.50 bits per heavy atom. The van der Waals surface area contributed by atoms with Crippen molar-refractivity contribution in [3.63, 3.8) is 0 Å². The highest BCUT2D eigenvalue weighted by Crippen LogP contribution is 2.26. The molecule has 0 saturated carbocycles. The van der Waals surface area contributed by atoms with Gasteiger partial charge in [-0.2, -0.15) is 5.10 Å². The summed E-state index contributed by atoms with van der Waals surface area (Å²) in [6.45, 7) is 2.80. The number of hydrogen-bond acceptors (Lipinski definition) is 4. The monoisotopic (exact) mass is 313 g/mol. The van der Waals surface area contributed by atoms with Gasteiger partial charge in [-0.25, -0.2) is 4.79 Å². The van der Waals surface area contributed by atoms with E-state index in [0.29, 0.717) is 15.8 Å². The number of hydrazone groups is 1. The van der Waals surface area contributed by atoms with Gasteiger partial charge in [0.1, 0.15) is 5.71 Å². The summed E-state index contributed by atoms with van der Waals surface area (Å²) >= 11 is 3.29. The van der Waals surface area contributed by atoms with Crippen LogP contribution in [0.15, 0.2) is 27.8 Å². The van der Waals surface area contributed by atoms with E-state index in [4.69, 9.17) is 5.11 Å². The lowest BCUT2D eigenvalue weighted by Gasteiger charge is -2.07. The number of carboxylic acids is 1. The van der Waals surface area contributed by atoms with Gasteiger partial charge in [-0.3, -0.25) is 10.2 Å². The van der Waals surface area contributed by atoms with Gasteiger partial charge in [0.25, 0.3) is 0 Å². The van der Waals surface area contributed by atoms with Crippen LogP contribution in [0.2, 0.25) is 0 Å². The van der Waals surface area contributed by atoms with Gasteiger partial charge in [0, 0.05) is 17.1 Å². The lowest BCUT2D eigenvalue weighted by Crippen LogP contribution is -2.10. The average Bonchev–Trinajstić information content (AvgIpc) is 2.26. The second-order valence-electron chi connectivity index (χ2n) is 3.49. The third-order valence-electron chi connectivity index (χ3n) is 1.94. The summed E-state index contributed by atoms with van der Waals surface area (Å²) in [5.41, 5.74) is 3.81. The maximum absolute atomic E-state index is 10.9. The van der Waals surface area contributed by atoms with Gasteiger partial charge in [-0.05, 0) is 41.1 Å². The van der Waals surface area contributed by atoms with Crippen LogP contribution >= 0.6 is 15.9 Å². The van der Waals surface area contributed by atoms with E-state index in [1.807, 2.05) is 0 Å². The van der Waals surface area contributed by atoms with Crippen LogP contribution in [0.5, 0.6) is 0 Å². The lowest BCUT2D eigenvalue weighted by molar-refractivity contribution is -0.129. The Morgan fingerprint density at radius 1 is 1.33 bits per heavy atom. The van der Waals surface area contributed by atoms with E-state index in [2.05, 4.69) is 31.8 Å². The van der Waals surface area contributed by atoms with Crippen LogP contribution in [0.4, 0.5) is 11.4 Å². The molecule has 0 saturated heterocycles. The van der Waals surface area contributed by atoms with E-state index in [-0.39, 0.29) is 11.6 Å². The van der Waals surface area contributed by atoms with Crippen molar-refractivity contribution in [2.75, 3.05) is 10.7 Å². The topological polar surface area (TPSA) is 90.8 Å². The molecular formula is C11H12BrN3O3. The van der Waals surface area contributed by atoms with Gasteiger partial charge in [-0.1, -0.05) is 0 Å². The number of carboxylic acid groups (broad SMARTS) is 1. The molecule has 7 heteroatoms. The number of anilines is 2. The summed E-state index contributed by atoms with van der Waals surface area (Å²) in [6, 6.07) is 5.05. The van der Waals surface area contributed by atoms with E-state index >= 15 is 0 Å². The Bertz CT molecular complexity index is 514. The molecule has 3 N–H and O–H groups in total. The zero-order valence-corrected chi connectivity index (χ0v) is 11.4. The molecule has 0 bridgehead atoms. The predicted molar refractivity (Wildman–Crippen MR) is 72.8 cm³/mol. The molecule has 1 amide bonds. The fourth-order valence-electron chi connectivity index (χ4n) is 1.08. The number of benzene rings is 1. The number of rotatable bonds is 4. The van der Waals surface area contributed by atoms with Gasteiger partial charge in [-0.15, -0.1) is 0 Å².